The normalized spacial score (nSPS) is 12.0. The van der Waals surface area contributed by atoms with E-state index in [0.717, 1.165) is 12.8 Å². The van der Waals surface area contributed by atoms with Crippen molar-refractivity contribution >= 4 is 32.3 Å². The first-order valence-electron chi connectivity index (χ1n) is 13.3. The van der Waals surface area contributed by atoms with Gasteiger partial charge in [0.15, 0.2) is 0 Å². The van der Waals surface area contributed by atoms with E-state index in [2.05, 4.69) is 137 Å². The Labute approximate surface area is 220 Å². The zero-order valence-corrected chi connectivity index (χ0v) is 22.0. The molecule has 6 aromatic rings. The van der Waals surface area contributed by atoms with Crippen molar-refractivity contribution < 1.29 is 0 Å². The second-order valence-corrected chi connectivity index (χ2v) is 10.4. The van der Waals surface area contributed by atoms with E-state index >= 15 is 0 Å². The van der Waals surface area contributed by atoms with Gasteiger partial charge in [-0.2, -0.15) is 0 Å². The smallest absolute Gasteiger partial charge is 0.0469 e. The molecule has 0 aliphatic rings. The molecular weight excluding hydrogens is 444 g/mol. The summed E-state index contributed by atoms with van der Waals surface area (Å²) in [4.78, 5) is 0. The van der Waals surface area contributed by atoms with Gasteiger partial charge in [0.25, 0.3) is 0 Å². The Bertz CT molecular complexity index is 1560. The summed E-state index contributed by atoms with van der Waals surface area (Å²) in [6, 6.07) is 40.8. The molecule has 0 heterocycles. The third-order valence-electron chi connectivity index (χ3n) is 8.36. The number of fused-ring (bicyclic) bond motifs is 3. The Morgan fingerprint density at radius 3 is 1.03 bits per heavy atom. The first kappa shape index (κ1) is 23.5. The van der Waals surface area contributed by atoms with Crippen molar-refractivity contribution in [3.05, 3.63) is 149 Å². The lowest BCUT2D eigenvalue weighted by atomic mass is 9.63. The van der Waals surface area contributed by atoms with E-state index in [0.29, 0.717) is 0 Å². The summed E-state index contributed by atoms with van der Waals surface area (Å²) in [6.07, 6.45) is 1.74. The van der Waals surface area contributed by atoms with Crippen molar-refractivity contribution in [1.29, 1.82) is 0 Å². The van der Waals surface area contributed by atoms with Crippen LogP contribution in [0.25, 0.3) is 32.3 Å². The average Bonchev–Trinajstić information content (AvgIpc) is 2.93. The van der Waals surface area contributed by atoms with Crippen LogP contribution >= 0.6 is 0 Å². The zero-order valence-electron chi connectivity index (χ0n) is 22.0. The van der Waals surface area contributed by atoms with Gasteiger partial charge in [0.05, 0.1) is 0 Å². The molecule has 6 aromatic carbocycles. The molecule has 0 aliphatic heterocycles. The number of hydrogen-bond donors (Lipinski definition) is 0. The molecule has 37 heavy (non-hydrogen) atoms. The third kappa shape index (κ3) is 3.58. The van der Waals surface area contributed by atoms with Crippen molar-refractivity contribution in [2.45, 2.75) is 39.0 Å². The predicted octanol–water partition coefficient (Wildman–Crippen LogP) is 10.0. The molecule has 0 heteroatoms. The molecule has 0 unspecified atom stereocenters. The molecule has 6 rings (SSSR count). The van der Waals surface area contributed by atoms with E-state index in [4.69, 9.17) is 0 Å². The van der Waals surface area contributed by atoms with Crippen LogP contribution in [-0.4, -0.2) is 0 Å². The highest BCUT2D eigenvalue weighted by molar-refractivity contribution is 5.98. The van der Waals surface area contributed by atoms with Crippen molar-refractivity contribution in [2.75, 3.05) is 0 Å². The van der Waals surface area contributed by atoms with Crippen LogP contribution in [-0.2, 0) is 5.41 Å². The third-order valence-corrected chi connectivity index (χ3v) is 8.36. The minimum absolute atomic E-state index is 0.365. The highest BCUT2D eigenvalue weighted by atomic mass is 14.4. The van der Waals surface area contributed by atoms with Crippen LogP contribution in [0.5, 0.6) is 0 Å². The van der Waals surface area contributed by atoms with Gasteiger partial charge in [-0.05, 0) is 92.9 Å². The maximum absolute atomic E-state index is 4.44. The summed E-state index contributed by atoms with van der Waals surface area (Å²) in [6.45, 7) is 11.1. The molecule has 0 fully saturated rings. The Kier molecular flexibility index (Phi) is 5.84. The molecule has 0 spiro atoms. The van der Waals surface area contributed by atoms with Crippen LogP contribution in [0.1, 0.15) is 46.2 Å². The predicted molar refractivity (Wildman–Crippen MR) is 161 cm³/mol. The van der Waals surface area contributed by atoms with Crippen LogP contribution in [0.3, 0.4) is 0 Å². The molecule has 0 N–H and O–H groups in total. The lowest BCUT2D eigenvalue weighted by molar-refractivity contribution is 0.578. The molecule has 1 radical (unpaired) electrons. The monoisotopic (exact) mass is 477 g/mol. The Balaban J connectivity index is 1.87. The van der Waals surface area contributed by atoms with Gasteiger partial charge in [-0.1, -0.05) is 123 Å². The van der Waals surface area contributed by atoms with E-state index in [1.165, 1.54) is 65.7 Å². The summed E-state index contributed by atoms with van der Waals surface area (Å²) in [5.74, 6) is 0. The maximum Gasteiger partial charge on any atom is 0.0469 e. The molecule has 0 saturated carbocycles. The Morgan fingerprint density at radius 2 is 0.730 bits per heavy atom. The SMILES string of the molecule is [CH2]CCC(c1ccc(C)c2ccccc12)(c1ccc(C)c2ccccc12)c1ccc(C)c2ccccc12. The quantitative estimate of drug-likeness (QED) is 0.217. The molecule has 0 saturated heterocycles. The van der Waals surface area contributed by atoms with Gasteiger partial charge in [0.2, 0.25) is 0 Å². The van der Waals surface area contributed by atoms with Gasteiger partial charge in [0, 0.05) is 5.41 Å². The van der Waals surface area contributed by atoms with Crippen molar-refractivity contribution in [3.63, 3.8) is 0 Å². The van der Waals surface area contributed by atoms with Crippen LogP contribution in [0.4, 0.5) is 0 Å². The highest BCUT2D eigenvalue weighted by Crippen LogP contribution is 2.50. The van der Waals surface area contributed by atoms with Gasteiger partial charge in [-0.25, -0.2) is 0 Å². The van der Waals surface area contributed by atoms with Gasteiger partial charge < -0.3 is 0 Å². The van der Waals surface area contributed by atoms with Crippen LogP contribution < -0.4 is 0 Å². The fourth-order valence-corrected chi connectivity index (χ4v) is 6.57. The molecule has 0 bridgehead atoms. The molecular formula is C37H33. The maximum atomic E-state index is 4.44. The van der Waals surface area contributed by atoms with Gasteiger partial charge in [-0.3, -0.25) is 0 Å². The molecule has 0 nitrogen and oxygen atoms in total. The van der Waals surface area contributed by atoms with Gasteiger partial charge >= 0.3 is 0 Å². The number of hydrogen-bond acceptors (Lipinski definition) is 0. The highest BCUT2D eigenvalue weighted by Gasteiger charge is 2.39. The van der Waals surface area contributed by atoms with Crippen LogP contribution in [0, 0.1) is 27.7 Å². The van der Waals surface area contributed by atoms with E-state index in [-0.39, 0.29) is 5.41 Å². The number of benzene rings is 6. The van der Waals surface area contributed by atoms with Crippen LogP contribution in [0.15, 0.2) is 109 Å². The van der Waals surface area contributed by atoms with Crippen LogP contribution in [0.2, 0.25) is 0 Å². The summed E-state index contributed by atoms with van der Waals surface area (Å²) in [7, 11) is 0. The fourth-order valence-electron chi connectivity index (χ4n) is 6.57. The van der Waals surface area contributed by atoms with Gasteiger partial charge in [-0.15, -0.1) is 0 Å². The van der Waals surface area contributed by atoms with Crippen molar-refractivity contribution in [2.24, 2.45) is 0 Å². The topological polar surface area (TPSA) is 0 Å². The summed E-state index contributed by atoms with van der Waals surface area (Å²) >= 11 is 0. The van der Waals surface area contributed by atoms with E-state index in [9.17, 15) is 0 Å². The fraction of sp³-hybridized carbons (Fsp3) is 0.162. The standard InChI is InChI=1S/C37H33/c1-5-24-37(34-21-18-25(2)28-12-6-9-15-31(28)34,35-22-19-26(3)29-13-7-10-16-32(29)35)36-23-20-27(4)30-14-8-11-17-33(30)36/h6-23H,1,5,24H2,2-4H3. The Morgan fingerprint density at radius 1 is 0.432 bits per heavy atom. The summed E-state index contributed by atoms with van der Waals surface area (Å²) in [5.41, 5.74) is 7.65. The van der Waals surface area contributed by atoms with Gasteiger partial charge in [0.1, 0.15) is 0 Å². The molecule has 181 valence electrons. The molecule has 0 amide bonds. The lowest BCUT2D eigenvalue weighted by Gasteiger charge is -2.39. The first-order valence-corrected chi connectivity index (χ1v) is 13.3. The molecule has 0 aromatic heterocycles. The van der Waals surface area contributed by atoms with E-state index in [1.807, 2.05) is 0 Å². The minimum atomic E-state index is -0.365. The number of rotatable bonds is 5. The largest absolute Gasteiger partial charge is 0.0616 e. The van der Waals surface area contributed by atoms with E-state index < -0.39 is 0 Å². The zero-order chi connectivity index (χ0) is 25.6. The summed E-state index contributed by atoms with van der Waals surface area (Å²) in [5, 5.41) is 7.93. The molecule has 0 atom stereocenters. The minimum Gasteiger partial charge on any atom is -0.0616 e. The second kappa shape index (κ2) is 9.20. The summed E-state index contributed by atoms with van der Waals surface area (Å²) < 4.78 is 0. The van der Waals surface area contributed by atoms with Crippen molar-refractivity contribution in [1.82, 2.24) is 0 Å². The average molecular weight is 478 g/mol. The Hall–Kier alpha value is -3.90. The molecule has 0 aliphatic carbocycles. The van der Waals surface area contributed by atoms with Crippen molar-refractivity contribution in [3.8, 4) is 0 Å². The first-order chi connectivity index (χ1) is 18.1. The lowest BCUT2D eigenvalue weighted by Crippen LogP contribution is -2.30. The second-order valence-electron chi connectivity index (χ2n) is 10.4. The number of aryl methyl sites for hydroxylation is 3. The van der Waals surface area contributed by atoms with E-state index in [1.54, 1.807) is 0 Å².